The van der Waals surface area contributed by atoms with Crippen LogP contribution < -0.4 is 5.32 Å². The summed E-state index contributed by atoms with van der Waals surface area (Å²) in [6.45, 7) is 1.52. The molecule has 0 saturated heterocycles. The zero-order valence-corrected chi connectivity index (χ0v) is 10.8. The first-order valence-corrected chi connectivity index (χ1v) is 5.99. The van der Waals surface area contributed by atoms with Gasteiger partial charge in [0.2, 0.25) is 0 Å². The Bertz CT molecular complexity index is 389. The average Bonchev–Trinajstić information content (AvgIpc) is 2.36. The molecule has 0 aromatic heterocycles. The molecule has 0 heterocycles. The average molecular weight is 249 g/mol. The molecule has 1 amide bonds. The third kappa shape index (κ3) is 5.48. The van der Waals surface area contributed by atoms with Crippen molar-refractivity contribution in [2.75, 3.05) is 7.11 Å². The van der Waals surface area contributed by atoms with Crippen LogP contribution in [0.3, 0.4) is 0 Å². The van der Waals surface area contributed by atoms with Gasteiger partial charge in [-0.15, -0.1) is 0 Å². The lowest BCUT2D eigenvalue weighted by Crippen LogP contribution is -2.36. The van der Waals surface area contributed by atoms with E-state index in [-0.39, 0.29) is 11.8 Å². The highest BCUT2D eigenvalue weighted by atomic mass is 16.5. The van der Waals surface area contributed by atoms with Gasteiger partial charge in [-0.25, -0.2) is 4.79 Å². The van der Waals surface area contributed by atoms with Crippen LogP contribution >= 0.6 is 0 Å². The normalized spacial score (nSPS) is 11.7. The Morgan fingerprint density at radius 3 is 2.50 bits per heavy atom. The molecule has 0 aliphatic carbocycles. The summed E-state index contributed by atoms with van der Waals surface area (Å²) in [5, 5.41) is 2.69. The summed E-state index contributed by atoms with van der Waals surface area (Å²) in [5.74, 6) is 0.0597. The first-order chi connectivity index (χ1) is 8.61. The molecule has 1 unspecified atom stereocenters. The molecule has 1 atom stereocenters. The molecule has 0 spiro atoms. The van der Waals surface area contributed by atoms with Crippen molar-refractivity contribution in [1.29, 1.82) is 0 Å². The van der Waals surface area contributed by atoms with E-state index in [1.54, 1.807) is 0 Å². The smallest absolute Gasteiger partial charge is 0.407 e. The fourth-order valence-corrected chi connectivity index (χ4v) is 1.78. The Kier molecular flexibility index (Phi) is 5.91. The number of ketones is 1. The maximum absolute atomic E-state index is 11.2. The summed E-state index contributed by atoms with van der Waals surface area (Å²) in [6.07, 6.45) is 1.39. The van der Waals surface area contributed by atoms with Crippen LogP contribution in [0.5, 0.6) is 0 Å². The minimum absolute atomic E-state index is 0.0597. The highest BCUT2D eigenvalue weighted by molar-refractivity contribution is 5.77. The molecule has 0 bridgehead atoms. The number of hydrogen-bond acceptors (Lipinski definition) is 3. The Hall–Kier alpha value is -1.84. The number of carbonyl (C=O) groups is 2. The zero-order valence-electron chi connectivity index (χ0n) is 10.8. The SMILES string of the molecule is COC(=O)NC(CCc1ccccc1)CC(C)=O. The highest BCUT2D eigenvalue weighted by Crippen LogP contribution is 2.08. The molecule has 4 nitrogen and oxygen atoms in total. The molecule has 1 rings (SSSR count). The lowest BCUT2D eigenvalue weighted by molar-refractivity contribution is -0.117. The van der Waals surface area contributed by atoms with Crippen molar-refractivity contribution in [2.24, 2.45) is 0 Å². The largest absolute Gasteiger partial charge is 0.453 e. The molecule has 1 N–H and O–H groups in total. The maximum Gasteiger partial charge on any atom is 0.407 e. The van der Waals surface area contributed by atoms with Gasteiger partial charge in [-0.1, -0.05) is 30.3 Å². The lowest BCUT2D eigenvalue weighted by atomic mass is 10.0. The first kappa shape index (κ1) is 14.2. The zero-order chi connectivity index (χ0) is 13.4. The van der Waals surface area contributed by atoms with Gasteiger partial charge in [0.1, 0.15) is 5.78 Å². The molecular formula is C14H19NO3. The Morgan fingerprint density at radius 1 is 1.28 bits per heavy atom. The summed E-state index contributed by atoms with van der Waals surface area (Å²) in [5.41, 5.74) is 1.19. The van der Waals surface area contributed by atoms with Gasteiger partial charge in [-0.2, -0.15) is 0 Å². The number of Topliss-reactive ketones (excluding diaryl/α,β-unsaturated/α-hetero) is 1. The maximum atomic E-state index is 11.2. The van der Waals surface area contributed by atoms with E-state index in [1.807, 2.05) is 30.3 Å². The van der Waals surface area contributed by atoms with Gasteiger partial charge < -0.3 is 10.1 Å². The Morgan fingerprint density at radius 2 is 1.94 bits per heavy atom. The van der Waals surface area contributed by atoms with Gasteiger partial charge in [0.25, 0.3) is 0 Å². The van der Waals surface area contributed by atoms with Gasteiger partial charge in [-0.05, 0) is 25.3 Å². The number of hydrogen-bond donors (Lipinski definition) is 1. The molecule has 4 heteroatoms. The number of amides is 1. The molecule has 1 aromatic carbocycles. The molecular weight excluding hydrogens is 230 g/mol. The van der Waals surface area contributed by atoms with Crippen LogP contribution in [-0.2, 0) is 16.0 Å². The molecule has 18 heavy (non-hydrogen) atoms. The number of rotatable bonds is 6. The first-order valence-electron chi connectivity index (χ1n) is 5.99. The molecule has 1 aromatic rings. The van der Waals surface area contributed by atoms with Crippen molar-refractivity contribution >= 4 is 11.9 Å². The van der Waals surface area contributed by atoms with Gasteiger partial charge in [-0.3, -0.25) is 4.79 Å². The van der Waals surface area contributed by atoms with E-state index in [0.717, 1.165) is 12.8 Å². The van der Waals surface area contributed by atoms with Crippen LogP contribution in [0.25, 0.3) is 0 Å². The second-order valence-corrected chi connectivity index (χ2v) is 4.26. The fraction of sp³-hybridized carbons (Fsp3) is 0.429. The monoisotopic (exact) mass is 249 g/mol. The number of ether oxygens (including phenoxy) is 1. The second-order valence-electron chi connectivity index (χ2n) is 4.26. The van der Waals surface area contributed by atoms with Crippen LogP contribution in [0.1, 0.15) is 25.3 Å². The summed E-state index contributed by atoms with van der Waals surface area (Å²) in [4.78, 5) is 22.3. The van der Waals surface area contributed by atoms with E-state index >= 15 is 0 Å². The summed E-state index contributed by atoms with van der Waals surface area (Å²) < 4.78 is 4.55. The number of carbonyl (C=O) groups excluding carboxylic acids is 2. The Balaban J connectivity index is 2.50. The van der Waals surface area contributed by atoms with Crippen molar-refractivity contribution in [3.05, 3.63) is 35.9 Å². The third-order valence-corrected chi connectivity index (χ3v) is 2.67. The fourth-order valence-electron chi connectivity index (χ4n) is 1.78. The van der Waals surface area contributed by atoms with Crippen LogP contribution in [0.15, 0.2) is 30.3 Å². The second kappa shape index (κ2) is 7.48. The van der Waals surface area contributed by atoms with Crippen LogP contribution in [0, 0.1) is 0 Å². The number of alkyl carbamates (subject to hydrolysis) is 1. The van der Waals surface area contributed by atoms with Crippen molar-refractivity contribution in [2.45, 2.75) is 32.2 Å². The van der Waals surface area contributed by atoms with Crippen LogP contribution in [-0.4, -0.2) is 25.0 Å². The number of aryl methyl sites for hydroxylation is 1. The van der Waals surface area contributed by atoms with Gasteiger partial charge in [0, 0.05) is 12.5 Å². The lowest BCUT2D eigenvalue weighted by Gasteiger charge is -2.16. The van der Waals surface area contributed by atoms with E-state index in [1.165, 1.54) is 19.6 Å². The van der Waals surface area contributed by atoms with Crippen molar-refractivity contribution in [3.8, 4) is 0 Å². The molecule has 0 aliphatic heterocycles. The molecule has 0 radical (unpaired) electrons. The molecule has 0 saturated carbocycles. The summed E-state index contributed by atoms with van der Waals surface area (Å²) in [7, 11) is 1.32. The van der Waals surface area contributed by atoms with E-state index in [4.69, 9.17) is 0 Å². The van der Waals surface area contributed by atoms with Crippen LogP contribution in [0.2, 0.25) is 0 Å². The topological polar surface area (TPSA) is 55.4 Å². The molecule has 0 aliphatic rings. The van der Waals surface area contributed by atoms with E-state index in [0.29, 0.717) is 6.42 Å². The quantitative estimate of drug-likeness (QED) is 0.841. The summed E-state index contributed by atoms with van der Waals surface area (Å²) >= 11 is 0. The number of benzene rings is 1. The van der Waals surface area contributed by atoms with Crippen molar-refractivity contribution in [3.63, 3.8) is 0 Å². The molecule has 98 valence electrons. The minimum atomic E-state index is -0.491. The highest BCUT2D eigenvalue weighted by Gasteiger charge is 2.14. The van der Waals surface area contributed by atoms with Gasteiger partial charge in [0.15, 0.2) is 0 Å². The number of nitrogens with one attached hydrogen (secondary N) is 1. The van der Waals surface area contributed by atoms with Gasteiger partial charge in [0.05, 0.1) is 7.11 Å². The van der Waals surface area contributed by atoms with E-state index in [2.05, 4.69) is 10.1 Å². The van der Waals surface area contributed by atoms with Crippen LogP contribution in [0.4, 0.5) is 4.79 Å². The standard InChI is InChI=1S/C14H19NO3/c1-11(16)10-13(15-14(17)18-2)9-8-12-6-4-3-5-7-12/h3-7,13H,8-10H2,1-2H3,(H,15,17). The van der Waals surface area contributed by atoms with Gasteiger partial charge >= 0.3 is 6.09 Å². The Labute approximate surface area is 107 Å². The predicted molar refractivity (Wildman–Crippen MR) is 69.4 cm³/mol. The molecule has 0 fully saturated rings. The van der Waals surface area contributed by atoms with E-state index < -0.39 is 6.09 Å². The number of methoxy groups -OCH3 is 1. The summed E-state index contributed by atoms with van der Waals surface area (Å²) in [6, 6.07) is 9.80. The van der Waals surface area contributed by atoms with E-state index in [9.17, 15) is 9.59 Å². The minimum Gasteiger partial charge on any atom is -0.453 e. The predicted octanol–water partition coefficient (Wildman–Crippen LogP) is 2.32. The van der Waals surface area contributed by atoms with Crippen molar-refractivity contribution in [1.82, 2.24) is 5.32 Å². The third-order valence-electron chi connectivity index (χ3n) is 2.67. The van der Waals surface area contributed by atoms with Crippen molar-refractivity contribution < 1.29 is 14.3 Å².